The van der Waals surface area contributed by atoms with Crippen LogP contribution in [0.2, 0.25) is 0 Å². The van der Waals surface area contributed by atoms with Gasteiger partial charge in [0.25, 0.3) is 0 Å². The molecule has 2 aromatic carbocycles. The fourth-order valence-corrected chi connectivity index (χ4v) is 2.68. The van der Waals surface area contributed by atoms with E-state index in [0.717, 1.165) is 11.3 Å². The third kappa shape index (κ3) is 3.61. The first-order valence-corrected chi connectivity index (χ1v) is 8.55. The van der Waals surface area contributed by atoms with Gasteiger partial charge >= 0.3 is 0 Å². The van der Waals surface area contributed by atoms with Gasteiger partial charge in [0.05, 0.1) is 7.11 Å². The van der Waals surface area contributed by atoms with E-state index in [1.165, 1.54) is 6.92 Å². The molecule has 4 rings (SSSR count). The summed E-state index contributed by atoms with van der Waals surface area (Å²) in [6.07, 6.45) is 0. The van der Waals surface area contributed by atoms with Gasteiger partial charge in [-0.25, -0.2) is 0 Å². The van der Waals surface area contributed by atoms with E-state index in [4.69, 9.17) is 9.47 Å². The minimum atomic E-state index is -0.126. The van der Waals surface area contributed by atoms with Gasteiger partial charge in [-0.05, 0) is 54.6 Å². The van der Waals surface area contributed by atoms with Gasteiger partial charge in [-0.15, -0.1) is 15.3 Å². The van der Waals surface area contributed by atoms with Gasteiger partial charge in [0.2, 0.25) is 11.8 Å². The Bertz CT molecular complexity index is 1120. The Balaban J connectivity index is 1.61. The topological polar surface area (TPSA) is 90.6 Å². The summed E-state index contributed by atoms with van der Waals surface area (Å²) in [5, 5.41) is 15.6. The molecule has 140 valence electrons. The zero-order chi connectivity index (χ0) is 19.5. The minimum absolute atomic E-state index is 0.126. The fraction of sp³-hybridized carbons (Fsp3) is 0.100. The first kappa shape index (κ1) is 17.5. The molecule has 28 heavy (non-hydrogen) atoms. The van der Waals surface area contributed by atoms with Crippen molar-refractivity contribution in [3.05, 3.63) is 60.7 Å². The van der Waals surface area contributed by atoms with Gasteiger partial charge < -0.3 is 14.8 Å². The van der Waals surface area contributed by atoms with Crippen LogP contribution in [0.25, 0.3) is 17.0 Å². The van der Waals surface area contributed by atoms with Crippen molar-refractivity contribution < 1.29 is 14.3 Å². The fourth-order valence-electron chi connectivity index (χ4n) is 2.68. The van der Waals surface area contributed by atoms with Crippen LogP contribution in [-0.4, -0.2) is 32.8 Å². The summed E-state index contributed by atoms with van der Waals surface area (Å²) in [4.78, 5) is 11.1. The van der Waals surface area contributed by atoms with Crippen LogP contribution in [0.5, 0.6) is 17.4 Å². The number of rotatable bonds is 5. The van der Waals surface area contributed by atoms with Crippen molar-refractivity contribution in [1.82, 2.24) is 19.8 Å². The second-order valence-electron chi connectivity index (χ2n) is 6.00. The number of nitrogens with one attached hydrogen (secondary N) is 1. The Kier molecular flexibility index (Phi) is 4.59. The van der Waals surface area contributed by atoms with Gasteiger partial charge in [0, 0.05) is 24.2 Å². The molecule has 0 fully saturated rings. The van der Waals surface area contributed by atoms with E-state index in [-0.39, 0.29) is 5.91 Å². The molecule has 0 aliphatic rings. The van der Waals surface area contributed by atoms with Gasteiger partial charge in [0.15, 0.2) is 11.5 Å². The smallest absolute Gasteiger partial charge is 0.237 e. The van der Waals surface area contributed by atoms with Gasteiger partial charge in [0.1, 0.15) is 11.5 Å². The van der Waals surface area contributed by atoms with E-state index in [1.807, 2.05) is 24.3 Å². The van der Waals surface area contributed by atoms with E-state index in [0.29, 0.717) is 28.8 Å². The molecular formula is C20H17N5O3. The first-order chi connectivity index (χ1) is 13.6. The molecule has 8 nitrogen and oxygen atoms in total. The monoisotopic (exact) mass is 375 g/mol. The Morgan fingerprint density at radius 3 is 2.32 bits per heavy atom. The molecule has 0 radical (unpaired) electrons. The maximum atomic E-state index is 11.1. The van der Waals surface area contributed by atoms with Crippen LogP contribution >= 0.6 is 0 Å². The number of carbonyl (C=O) groups excluding carboxylic acids is 1. The van der Waals surface area contributed by atoms with Crippen molar-refractivity contribution in [2.45, 2.75) is 6.92 Å². The number of hydrogen-bond acceptors (Lipinski definition) is 6. The van der Waals surface area contributed by atoms with Crippen molar-refractivity contribution in [3.63, 3.8) is 0 Å². The third-order valence-corrected chi connectivity index (χ3v) is 3.98. The number of carbonyl (C=O) groups is 1. The molecule has 0 atom stereocenters. The standard InChI is InChI=1S/C20H17N5O3/c1-13(26)21-15-5-9-17(10-6-15)28-19-12-11-18-22-23-20(25(18)24-19)14-3-7-16(27-2)8-4-14/h3-12H,1-2H3,(H,21,26). The molecule has 1 amide bonds. The largest absolute Gasteiger partial charge is 0.497 e. The van der Waals surface area contributed by atoms with E-state index in [1.54, 1.807) is 48.0 Å². The van der Waals surface area contributed by atoms with Crippen LogP contribution in [0.3, 0.4) is 0 Å². The lowest BCUT2D eigenvalue weighted by Gasteiger charge is -2.07. The van der Waals surface area contributed by atoms with Crippen molar-refractivity contribution in [2.24, 2.45) is 0 Å². The van der Waals surface area contributed by atoms with Crippen molar-refractivity contribution >= 4 is 17.2 Å². The molecule has 0 spiro atoms. The SMILES string of the molecule is COc1ccc(-c2nnc3ccc(Oc4ccc(NC(C)=O)cc4)nn23)cc1. The predicted molar refractivity (Wildman–Crippen MR) is 104 cm³/mol. The minimum Gasteiger partial charge on any atom is -0.497 e. The molecule has 0 aliphatic heterocycles. The van der Waals surface area contributed by atoms with Crippen LogP contribution in [0.15, 0.2) is 60.7 Å². The van der Waals surface area contributed by atoms with Crippen molar-refractivity contribution in [2.75, 3.05) is 12.4 Å². The highest BCUT2D eigenvalue weighted by molar-refractivity contribution is 5.88. The first-order valence-electron chi connectivity index (χ1n) is 8.55. The maximum Gasteiger partial charge on any atom is 0.237 e. The summed E-state index contributed by atoms with van der Waals surface area (Å²) >= 11 is 0. The number of fused-ring (bicyclic) bond motifs is 1. The summed E-state index contributed by atoms with van der Waals surface area (Å²) in [6, 6.07) is 18.0. The third-order valence-electron chi connectivity index (χ3n) is 3.98. The summed E-state index contributed by atoms with van der Waals surface area (Å²) < 4.78 is 12.6. The number of benzene rings is 2. The Morgan fingerprint density at radius 1 is 0.929 bits per heavy atom. The number of ether oxygens (including phenoxy) is 2. The molecular weight excluding hydrogens is 358 g/mol. The number of hydrogen-bond donors (Lipinski definition) is 1. The quantitative estimate of drug-likeness (QED) is 0.574. The lowest BCUT2D eigenvalue weighted by molar-refractivity contribution is -0.114. The van der Waals surface area contributed by atoms with Gasteiger partial charge in [-0.1, -0.05) is 0 Å². The van der Waals surface area contributed by atoms with E-state index in [2.05, 4.69) is 20.6 Å². The number of amides is 1. The van der Waals surface area contributed by atoms with Crippen LogP contribution in [-0.2, 0) is 4.79 Å². The Labute approximate surface area is 160 Å². The molecule has 0 aliphatic carbocycles. The lowest BCUT2D eigenvalue weighted by atomic mass is 10.2. The van der Waals surface area contributed by atoms with Crippen LogP contribution in [0.1, 0.15) is 6.92 Å². The van der Waals surface area contributed by atoms with Crippen LogP contribution < -0.4 is 14.8 Å². The molecule has 0 saturated heterocycles. The molecule has 1 N–H and O–H groups in total. The predicted octanol–water partition coefficient (Wildman–Crippen LogP) is 3.55. The van der Waals surface area contributed by atoms with Crippen molar-refractivity contribution in [3.8, 4) is 28.8 Å². The normalized spacial score (nSPS) is 10.6. The second-order valence-corrected chi connectivity index (χ2v) is 6.00. The van der Waals surface area contributed by atoms with Crippen molar-refractivity contribution in [1.29, 1.82) is 0 Å². The molecule has 0 bridgehead atoms. The van der Waals surface area contributed by atoms with E-state index in [9.17, 15) is 4.79 Å². The maximum absolute atomic E-state index is 11.1. The molecule has 0 unspecified atom stereocenters. The number of methoxy groups -OCH3 is 1. The summed E-state index contributed by atoms with van der Waals surface area (Å²) in [6.45, 7) is 1.46. The number of nitrogens with zero attached hydrogens (tertiary/aromatic N) is 4. The zero-order valence-electron chi connectivity index (χ0n) is 15.3. The molecule has 0 saturated carbocycles. The number of aromatic nitrogens is 4. The highest BCUT2D eigenvalue weighted by atomic mass is 16.5. The Hall–Kier alpha value is -3.94. The molecule has 4 aromatic rings. The molecule has 2 heterocycles. The second kappa shape index (κ2) is 7.36. The van der Waals surface area contributed by atoms with Gasteiger partial charge in [-0.2, -0.15) is 4.52 Å². The average molecular weight is 375 g/mol. The molecule has 2 aromatic heterocycles. The van der Waals surface area contributed by atoms with E-state index < -0.39 is 0 Å². The highest BCUT2D eigenvalue weighted by Crippen LogP contribution is 2.24. The van der Waals surface area contributed by atoms with Crippen LogP contribution in [0.4, 0.5) is 5.69 Å². The summed E-state index contributed by atoms with van der Waals surface area (Å²) in [5.74, 6) is 2.23. The van der Waals surface area contributed by atoms with Crippen LogP contribution in [0, 0.1) is 0 Å². The summed E-state index contributed by atoms with van der Waals surface area (Å²) in [5.41, 5.74) is 2.17. The number of anilines is 1. The highest BCUT2D eigenvalue weighted by Gasteiger charge is 2.11. The van der Waals surface area contributed by atoms with Gasteiger partial charge in [-0.3, -0.25) is 4.79 Å². The Morgan fingerprint density at radius 2 is 1.64 bits per heavy atom. The average Bonchev–Trinajstić information content (AvgIpc) is 3.12. The lowest BCUT2D eigenvalue weighted by Crippen LogP contribution is -2.05. The molecule has 8 heteroatoms. The van der Waals surface area contributed by atoms with E-state index >= 15 is 0 Å². The summed E-state index contributed by atoms with van der Waals surface area (Å²) in [7, 11) is 1.62. The zero-order valence-corrected chi connectivity index (χ0v) is 15.3.